The number of nitrogens with one attached hydrogen (secondary N) is 1. The number of amides is 1. The Labute approximate surface area is 136 Å². The van der Waals surface area contributed by atoms with Gasteiger partial charge in [0.05, 0.1) is 16.3 Å². The molecule has 3 rings (SSSR count). The summed E-state index contributed by atoms with van der Waals surface area (Å²) < 4.78 is 1.08. The zero-order valence-corrected chi connectivity index (χ0v) is 13.4. The van der Waals surface area contributed by atoms with Crippen LogP contribution in [0.3, 0.4) is 0 Å². The molecule has 0 unspecified atom stereocenters. The summed E-state index contributed by atoms with van der Waals surface area (Å²) in [6, 6.07) is 11.2. The van der Waals surface area contributed by atoms with Gasteiger partial charge in [0.15, 0.2) is 0 Å². The minimum Gasteiger partial charge on any atom is -0.321 e. The number of hydrogen-bond acceptors (Lipinski definition) is 2. The lowest BCUT2D eigenvalue weighted by molar-refractivity contribution is 0.102. The predicted molar refractivity (Wildman–Crippen MR) is 91.0 cm³/mol. The number of anilines is 1. The maximum absolute atomic E-state index is 12.4. The van der Waals surface area contributed by atoms with Crippen molar-refractivity contribution in [1.29, 1.82) is 0 Å². The highest BCUT2D eigenvalue weighted by Gasteiger charge is 2.14. The first-order valence-electron chi connectivity index (χ1n) is 6.29. The maximum Gasteiger partial charge on any atom is 0.257 e. The van der Waals surface area contributed by atoms with Gasteiger partial charge in [-0.25, -0.2) is 0 Å². The molecule has 1 heterocycles. The third-order valence-electron chi connectivity index (χ3n) is 3.22. The van der Waals surface area contributed by atoms with E-state index in [2.05, 4.69) is 5.32 Å². The van der Waals surface area contributed by atoms with Crippen molar-refractivity contribution in [1.82, 2.24) is 0 Å². The Kier molecular flexibility index (Phi) is 3.89. The smallest absolute Gasteiger partial charge is 0.257 e. The number of thiophene rings is 1. The van der Waals surface area contributed by atoms with Crippen LogP contribution in [0.15, 0.2) is 41.8 Å². The molecule has 0 aliphatic carbocycles. The fourth-order valence-corrected chi connectivity index (χ4v) is 3.46. The van der Waals surface area contributed by atoms with Crippen molar-refractivity contribution in [3.63, 3.8) is 0 Å². The summed E-state index contributed by atoms with van der Waals surface area (Å²) in [6.45, 7) is 1.87. The molecule has 3 aromatic rings. The Morgan fingerprint density at radius 3 is 2.71 bits per heavy atom. The van der Waals surface area contributed by atoms with Gasteiger partial charge in [0.1, 0.15) is 0 Å². The molecule has 0 radical (unpaired) electrons. The Morgan fingerprint density at radius 1 is 1.14 bits per heavy atom. The van der Waals surface area contributed by atoms with Gasteiger partial charge in [-0.15, -0.1) is 11.3 Å². The molecule has 1 amide bonds. The number of fused-ring (bicyclic) bond motifs is 1. The molecule has 0 spiro atoms. The van der Waals surface area contributed by atoms with Crippen molar-refractivity contribution in [3.05, 3.63) is 63.0 Å². The van der Waals surface area contributed by atoms with Gasteiger partial charge in [0.25, 0.3) is 5.91 Å². The van der Waals surface area contributed by atoms with Gasteiger partial charge in [0.2, 0.25) is 0 Å². The molecule has 0 saturated heterocycles. The SMILES string of the molecule is Cc1cc(Cl)c(NC(=O)c2csc3ccccc23)cc1Cl. The summed E-state index contributed by atoms with van der Waals surface area (Å²) >= 11 is 13.8. The molecule has 0 saturated carbocycles. The minimum absolute atomic E-state index is 0.186. The molecule has 106 valence electrons. The number of rotatable bonds is 2. The summed E-state index contributed by atoms with van der Waals surface area (Å²) in [7, 11) is 0. The molecule has 2 aromatic carbocycles. The Balaban J connectivity index is 1.95. The topological polar surface area (TPSA) is 29.1 Å². The van der Waals surface area contributed by atoms with Gasteiger partial charge in [-0.05, 0) is 30.7 Å². The van der Waals surface area contributed by atoms with E-state index in [0.29, 0.717) is 21.3 Å². The van der Waals surface area contributed by atoms with Gasteiger partial charge in [0, 0.05) is 20.5 Å². The second-order valence-corrected chi connectivity index (χ2v) is 6.41. The van der Waals surface area contributed by atoms with Crippen LogP contribution in [0.2, 0.25) is 10.0 Å². The molecule has 0 atom stereocenters. The summed E-state index contributed by atoms with van der Waals surface area (Å²) in [5.74, 6) is -0.186. The van der Waals surface area contributed by atoms with E-state index in [0.717, 1.165) is 15.6 Å². The van der Waals surface area contributed by atoms with Crippen molar-refractivity contribution >= 4 is 56.2 Å². The zero-order valence-electron chi connectivity index (χ0n) is 11.1. The average Bonchev–Trinajstić information content (AvgIpc) is 2.88. The van der Waals surface area contributed by atoms with Crippen LogP contribution in [0.1, 0.15) is 15.9 Å². The molecular weight excluding hydrogens is 325 g/mol. The first-order valence-corrected chi connectivity index (χ1v) is 7.93. The summed E-state index contributed by atoms with van der Waals surface area (Å²) in [5, 5.41) is 6.66. The maximum atomic E-state index is 12.4. The van der Waals surface area contributed by atoms with Crippen LogP contribution in [0.4, 0.5) is 5.69 Å². The number of halogens is 2. The third-order valence-corrected chi connectivity index (χ3v) is 4.91. The number of aryl methyl sites for hydroxylation is 1. The van der Waals surface area contributed by atoms with Crippen molar-refractivity contribution in [3.8, 4) is 0 Å². The van der Waals surface area contributed by atoms with Gasteiger partial charge < -0.3 is 5.32 Å². The van der Waals surface area contributed by atoms with Crippen LogP contribution >= 0.6 is 34.5 Å². The highest BCUT2D eigenvalue weighted by Crippen LogP contribution is 2.31. The third kappa shape index (κ3) is 2.77. The minimum atomic E-state index is -0.186. The molecule has 21 heavy (non-hydrogen) atoms. The summed E-state index contributed by atoms with van der Waals surface area (Å²) in [6.07, 6.45) is 0. The van der Waals surface area contributed by atoms with E-state index in [1.807, 2.05) is 36.6 Å². The molecule has 1 aromatic heterocycles. The second kappa shape index (κ2) is 5.68. The number of hydrogen-bond donors (Lipinski definition) is 1. The van der Waals surface area contributed by atoms with E-state index in [1.54, 1.807) is 23.5 Å². The largest absolute Gasteiger partial charge is 0.321 e. The molecule has 1 N–H and O–H groups in total. The van der Waals surface area contributed by atoms with E-state index in [-0.39, 0.29) is 5.91 Å². The quantitative estimate of drug-likeness (QED) is 0.632. The molecule has 5 heteroatoms. The van der Waals surface area contributed by atoms with Crippen LogP contribution in [0.5, 0.6) is 0 Å². The van der Waals surface area contributed by atoms with Gasteiger partial charge in [-0.3, -0.25) is 4.79 Å². The molecule has 0 aliphatic heterocycles. The lowest BCUT2D eigenvalue weighted by Gasteiger charge is -2.09. The predicted octanol–water partition coefficient (Wildman–Crippen LogP) is 5.77. The first-order chi connectivity index (χ1) is 10.1. The number of carbonyl (C=O) groups excluding carboxylic acids is 1. The van der Waals surface area contributed by atoms with E-state index < -0.39 is 0 Å². The molecule has 2 nitrogen and oxygen atoms in total. The Hall–Kier alpha value is -1.55. The second-order valence-electron chi connectivity index (χ2n) is 4.68. The lowest BCUT2D eigenvalue weighted by Crippen LogP contribution is -2.11. The lowest BCUT2D eigenvalue weighted by atomic mass is 10.1. The molecular formula is C16H11Cl2NOS. The van der Waals surface area contributed by atoms with Gasteiger partial charge in [-0.2, -0.15) is 0 Å². The van der Waals surface area contributed by atoms with Gasteiger partial charge >= 0.3 is 0 Å². The molecule has 0 aliphatic rings. The van der Waals surface area contributed by atoms with Crippen molar-refractivity contribution in [2.24, 2.45) is 0 Å². The number of carbonyl (C=O) groups is 1. The average molecular weight is 336 g/mol. The fraction of sp³-hybridized carbons (Fsp3) is 0.0625. The normalized spacial score (nSPS) is 10.8. The summed E-state index contributed by atoms with van der Waals surface area (Å²) in [4.78, 5) is 12.4. The standard InChI is InChI=1S/C16H11Cl2NOS/c1-9-6-13(18)14(7-12(9)17)19-16(20)11-8-21-15-5-3-2-4-10(11)15/h2-8H,1H3,(H,19,20). The van der Waals surface area contributed by atoms with Crippen LogP contribution < -0.4 is 5.32 Å². The number of benzene rings is 2. The summed E-state index contributed by atoms with van der Waals surface area (Å²) in [5.41, 5.74) is 2.04. The Morgan fingerprint density at radius 2 is 1.90 bits per heavy atom. The zero-order chi connectivity index (χ0) is 15.0. The Bertz CT molecular complexity index is 841. The fourth-order valence-electron chi connectivity index (χ4n) is 2.09. The van der Waals surface area contributed by atoms with Crippen molar-refractivity contribution in [2.75, 3.05) is 5.32 Å². The van der Waals surface area contributed by atoms with E-state index in [9.17, 15) is 4.79 Å². The van der Waals surface area contributed by atoms with Crippen molar-refractivity contribution in [2.45, 2.75) is 6.92 Å². The highest BCUT2D eigenvalue weighted by molar-refractivity contribution is 7.17. The van der Waals surface area contributed by atoms with E-state index in [1.165, 1.54) is 0 Å². The monoisotopic (exact) mass is 335 g/mol. The highest BCUT2D eigenvalue weighted by atomic mass is 35.5. The van der Waals surface area contributed by atoms with Crippen LogP contribution in [-0.2, 0) is 0 Å². The molecule has 0 bridgehead atoms. The van der Waals surface area contributed by atoms with Crippen LogP contribution in [0.25, 0.3) is 10.1 Å². The van der Waals surface area contributed by atoms with Crippen LogP contribution in [-0.4, -0.2) is 5.91 Å². The van der Waals surface area contributed by atoms with Crippen LogP contribution in [0, 0.1) is 6.92 Å². The first kappa shape index (κ1) is 14.4. The molecule has 0 fully saturated rings. The van der Waals surface area contributed by atoms with E-state index in [4.69, 9.17) is 23.2 Å². The van der Waals surface area contributed by atoms with Gasteiger partial charge in [-0.1, -0.05) is 41.4 Å². The van der Waals surface area contributed by atoms with E-state index >= 15 is 0 Å². The van der Waals surface area contributed by atoms with Crippen molar-refractivity contribution < 1.29 is 4.79 Å².